The summed E-state index contributed by atoms with van der Waals surface area (Å²) in [4.78, 5) is 15.0. The summed E-state index contributed by atoms with van der Waals surface area (Å²) in [6.45, 7) is 7.26. The average molecular weight is 349 g/mol. The van der Waals surface area contributed by atoms with E-state index in [9.17, 15) is 4.79 Å². The van der Waals surface area contributed by atoms with E-state index in [1.165, 1.54) is 0 Å². The van der Waals surface area contributed by atoms with E-state index in [-0.39, 0.29) is 6.09 Å². The lowest BCUT2D eigenvalue weighted by atomic mass is 9.74. The second-order valence-corrected chi connectivity index (χ2v) is 8.55. The first kappa shape index (κ1) is 17.5. The molecule has 0 bridgehead atoms. The Kier molecular flexibility index (Phi) is 5.00. The van der Waals surface area contributed by atoms with Gasteiger partial charge in [0.25, 0.3) is 0 Å². The fourth-order valence-electron chi connectivity index (χ4n) is 3.92. The van der Waals surface area contributed by atoms with Crippen LogP contribution in [0.15, 0.2) is 24.3 Å². The molecule has 4 nitrogen and oxygen atoms in total. The number of amides is 1. The largest absolute Gasteiger partial charge is 0.444 e. The summed E-state index contributed by atoms with van der Waals surface area (Å²) >= 11 is 5.65. The van der Waals surface area contributed by atoms with Gasteiger partial charge in [-0.1, -0.05) is 36.5 Å². The number of hydrogen-bond donors (Lipinski definition) is 1. The Morgan fingerprint density at radius 1 is 1.25 bits per heavy atom. The van der Waals surface area contributed by atoms with E-state index in [0.29, 0.717) is 23.8 Å². The van der Waals surface area contributed by atoms with Crippen LogP contribution in [0.3, 0.4) is 0 Å². The summed E-state index contributed by atoms with van der Waals surface area (Å²) in [5, 5.41) is 3.52. The first-order valence-corrected chi connectivity index (χ1v) is 9.37. The van der Waals surface area contributed by atoms with Gasteiger partial charge < -0.3 is 15.0 Å². The van der Waals surface area contributed by atoms with Crippen molar-refractivity contribution in [3.8, 4) is 0 Å². The van der Waals surface area contributed by atoms with Gasteiger partial charge in [-0.3, -0.25) is 0 Å². The van der Waals surface area contributed by atoms with E-state index in [1.807, 2.05) is 25.7 Å². The van der Waals surface area contributed by atoms with Crippen molar-refractivity contribution in [1.29, 1.82) is 0 Å². The third-order valence-corrected chi connectivity index (χ3v) is 5.60. The van der Waals surface area contributed by atoms with Gasteiger partial charge in [0.05, 0.1) is 11.0 Å². The molecular formula is C19H28N2O2S. The van der Waals surface area contributed by atoms with Crippen molar-refractivity contribution < 1.29 is 9.53 Å². The molecule has 0 saturated carbocycles. The molecule has 1 aliphatic carbocycles. The number of rotatable bonds is 1. The highest BCUT2D eigenvalue weighted by Gasteiger charge is 2.38. The number of piperidine rings is 2. The van der Waals surface area contributed by atoms with Crippen LogP contribution < -0.4 is 5.32 Å². The first-order chi connectivity index (χ1) is 11.3. The summed E-state index contributed by atoms with van der Waals surface area (Å²) in [6, 6.07) is 0.362. The molecule has 24 heavy (non-hydrogen) atoms. The van der Waals surface area contributed by atoms with E-state index >= 15 is 0 Å². The summed E-state index contributed by atoms with van der Waals surface area (Å²) < 4.78 is 5.48. The maximum Gasteiger partial charge on any atom is 0.410 e. The quantitative estimate of drug-likeness (QED) is 0.734. The topological polar surface area (TPSA) is 41.6 Å². The minimum absolute atomic E-state index is 0.189. The van der Waals surface area contributed by atoms with Gasteiger partial charge >= 0.3 is 6.09 Å². The molecule has 3 rings (SSSR count). The van der Waals surface area contributed by atoms with Gasteiger partial charge in [-0.15, -0.1) is 0 Å². The normalized spacial score (nSPS) is 30.7. The van der Waals surface area contributed by atoms with E-state index in [2.05, 4.69) is 29.6 Å². The van der Waals surface area contributed by atoms with Gasteiger partial charge in [0.15, 0.2) is 0 Å². The van der Waals surface area contributed by atoms with E-state index < -0.39 is 5.60 Å². The standard InChI is InChI=1S/C19H28N2O2S/c1-19(2,3)23-18(22)21-10-8-13(9-11-21)15-12-14-6-4-5-7-16(14)20-17(15)24/h4-7,13-16H,8-12H2,1-3H3,(H,20,24). The van der Waals surface area contributed by atoms with E-state index in [0.717, 1.165) is 37.3 Å². The Balaban J connectivity index is 1.55. The molecule has 5 heteroatoms. The molecule has 0 radical (unpaired) electrons. The summed E-state index contributed by atoms with van der Waals surface area (Å²) in [6.07, 6.45) is 11.7. The van der Waals surface area contributed by atoms with Gasteiger partial charge in [0.1, 0.15) is 5.60 Å². The number of hydrogen-bond acceptors (Lipinski definition) is 3. The number of thiocarbonyl (C=S) groups is 1. The molecule has 2 saturated heterocycles. The lowest BCUT2D eigenvalue weighted by Crippen LogP contribution is -2.51. The second-order valence-electron chi connectivity index (χ2n) is 8.12. The monoisotopic (exact) mass is 348 g/mol. The van der Waals surface area contributed by atoms with Crippen molar-refractivity contribution in [3.05, 3.63) is 24.3 Å². The average Bonchev–Trinajstić information content (AvgIpc) is 2.53. The Morgan fingerprint density at radius 2 is 1.92 bits per heavy atom. The highest BCUT2D eigenvalue weighted by Crippen LogP contribution is 2.36. The second kappa shape index (κ2) is 6.87. The van der Waals surface area contributed by atoms with Crippen molar-refractivity contribution >= 4 is 23.3 Å². The minimum atomic E-state index is -0.432. The molecule has 0 aromatic carbocycles. The Bertz CT molecular complexity index is 556. The highest BCUT2D eigenvalue weighted by atomic mass is 32.1. The van der Waals surface area contributed by atoms with Crippen molar-refractivity contribution in [1.82, 2.24) is 10.2 Å². The zero-order valence-electron chi connectivity index (χ0n) is 14.8. The molecule has 0 aromatic rings. The van der Waals surface area contributed by atoms with Crippen molar-refractivity contribution in [2.24, 2.45) is 17.8 Å². The number of carbonyl (C=O) groups excluding carboxylic acids is 1. The summed E-state index contributed by atoms with van der Waals surface area (Å²) in [5.74, 6) is 1.53. The van der Waals surface area contributed by atoms with Gasteiger partial charge in [0.2, 0.25) is 0 Å². The Hall–Kier alpha value is -1.36. The molecule has 0 aromatic heterocycles. The van der Waals surface area contributed by atoms with Crippen LogP contribution in [0.5, 0.6) is 0 Å². The molecule has 1 N–H and O–H groups in total. The van der Waals surface area contributed by atoms with Crippen LogP contribution in [0.25, 0.3) is 0 Å². The molecule has 1 amide bonds. The van der Waals surface area contributed by atoms with Crippen LogP contribution in [-0.2, 0) is 4.74 Å². The zero-order chi connectivity index (χ0) is 17.3. The maximum atomic E-state index is 12.2. The van der Waals surface area contributed by atoms with Crippen molar-refractivity contribution in [2.75, 3.05) is 13.1 Å². The minimum Gasteiger partial charge on any atom is -0.444 e. The number of likely N-dealkylation sites (tertiary alicyclic amines) is 1. The summed E-state index contributed by atoms with van der Waals surface area (Å²) in [7, 11) is 0. The molecule has 3 atom stereocenters. The number of nitrogens with zero attached hydrogens (tertiary/aromatic N) is 1. The number of carbonyl (C=O) groups is 1. The van der Waals surface area contributed by atoms with Crippen LogP contribution in [-0.4, -0.2) is 40.7 Å². The van der Waals surface area contributed by atoms with Gasteiger partial charge in [-0.2, -0.15) is 0 Å². The number of fused-ring (bicyclic) bond motifs is 1. The molecule has 3 unspecified atom stereocenters. The number of ether oxygens (including phenoxy) is 1. The lowest BCUT2D eigenvalue weighted by molar-refractivity contribution is 0.0166. The molecule has 2 fully saturated rings. The molecule has 0 spiro atoms. The van der Waals surface area contributed by atoms with E-state index in [4.69, 9.17) is 17.0 Å². The van der Waals surface area contributed by atoms with Crippen LogP contribution in [0.1, 0.15) is 40.0 Å². The first-order valence-electron chi connectivity index (χ1n) is 8.97. The molecule has 3 aliphatic rings. The lowest BCUT2D eigenvalue weighted by Gasteiger charge is -2.42. The Morgan fingerprint density at radius 3 is 2.58 bits per heavy atom. The maximum absolute atomic E-state index is 12.2. The molecule has 2 aliphatic heterocycles. The van der Waals surface area contributed by atoms with Crippen LogP contribution in [0.2, 0.25) is 0 Å². The van der Waals surface area contributed by atoms with E-state index in [1.54, 1.807) is 0 Å². The SMILES string of the molecule is CC(C)(C)OC(=O)N1CCC(C2CC3C=CC=CC3NC2=S)CC1. The summed E-state index contributed by atoms with van der Waals surface area (Å²) in [5.41, 5.74) is -0.432. The predicted octanol–water partition coefficient (Wildman–Crippen LogP) is 3.68. The predicted molar refractivity (Wildman–Crippen MR) is 99.9 cm³/mol. The fraction of sp³-hybridized carbons (Fsp3) is 0.684. The molecular weight excluding hydrogens is 320 g/mol. The molecule has 2 heterocycles. The smallest absolute Gasteiger partial charge is 0.410 e. The number of nitrogens with one attached hydrogen (secondary N) is 1. The fourth-order valence-corrected chi connectivity index (χ4v) is 4.35. The zero-order valence-corrected chi connectivity index (χ0v) is 15.6. The van der Waals surface area contributed by atoms with Crippen molar-refractivity contribution in [3.63, 3.8) is 0 Å². The van der Waals surface area contributed by atoms with Gasteiger partial charge in [-0.25, -0.2) is 4.79 Å². The highest BCUT2D eigenvalue weighted by molar-refractivity contribution is 7.80. The third kappa shape index (κ3) is 4.00. The van der Waals surface area contributed by atoms with Gasteiger partial charge in [-0.05, 0) is 46.0 Å². The Labute approximate surface area is 150 Å². The van der Waals surface area contributed by atoms with Crippen LogP contribution >= 0.6 is 12.2 Å². The van der Waals surface area contributed by atoms with Crippen LogP contribution in [0.4, 0.5) is 4.79 Å². The van der Waals surface area contributed by atoms with Crippen LogP contribution in [0, 0.1) is 17.8 Å². The van der Waals surface area contributed by atoms with Gasteiger partial charge in [0, 0.05) is 24.9 Å². The molecule has 132 valence electrons. The number of allylic oxidation sites excluding steroid dienone is 2. The third-order valence-electron chi connectivity index (χ3n) is 5.18. The van der Waals surface area contributed by atoms with Crippen molar-refractivity contribution in [2.45, 2.75) is 51.7 Å².